The van der Waals surface area contributed by atoms with Crippen molar-refractivity contribution in [2.45, 2.75) is 44.4 Å². The standard InChI is InChI=1S/C6H13N2O7P.C6H14N2O2/c1-3(15-4(9)2-7)5(6(10)11)8-16(12,13)14;7-4-2-1-3-5(8)6(9)10/h3,5H,2,7H2,1H3,(H,10,11)(H3,8,12,13,14);5H,1-4,7-8H2,(H,9,10)/t3-,5+;5-/m10/s1. The van der Waals surface area contributed by atoms with Crippen molar-refractivity contribution >= 4 is 25.7 Å². The molecule has 0 rings (SSSR count). The molecule has 0 saturated heterocycles. The van der Waals surface area contributed by atoms with Crippen molar-refractivity contribution in [3.63, 3.8) is 0 Å². The maximum absolute atomic E-state index is 10.8. The van der Waals surface area contributed by atoms with Crippen molar-refractivity contribution in [3.05, 3.63) is 0 Å². The number of ether oxygens (including phenoxy) is 1. The van der Waals surface area contributed by atoms with Gasteiger partial charge >= 0.3 is 25.7 Å². The Morgan fingerprint density at radius 3 is 2.00 bits per heavy atom. The van der Waals surface area contributed by atoms with Crippen LogP contribution < -0.4 is 22.3 Å². The van der Waals surface area contributed by atoms with Crippen LogP contribution in [0.2, 0.25) is 0 Å². The van der Waals surface area contributed by atoms with Crippen LogP contribution in [0.5, 0.6) is 0 Å². The molecule has 14 heteroatoms. The fraction of sp³-hybridized carbons (Fsp3) is 0.750. The smallest absolute Gasteiger partial charge is 0.401 e. The van der Waals surface area contributed by atoms with Crippen LogP contribution in [0, 0.1) is 0 Å². The summed E-state index contributed by atoms with van der Waals surface area (Å²) in [5.74, 6) is -3.36. The molecule has 0 unspecified atom stereocenters. The lowest BCUT2D eigenvalue weighted by atomic mass is 10.1. The number of carbonyl (C=O) groups is 3. The molecule has 154 valence electrons. The van der Waals surface area contributed by atoms with Gasteiger partial charge in [-0.1, -0.05) is 6.42 Å². The molecule has 0 aliphatic carbocycles. The molecule has 13 nitrogen and oxygen atoms in total. The molecule has 0 spiro atoms. The van der Waals surface area contributed by atoms with E-state index in [0.717, 1.165) is 12.8 Å². The Hall–Kier alpha value is -1.60. The molecule has 0 aliphatic rings. The third kappa shape index (κ3) is 14.7. The summed E-state index contributed by atoms with van der Waals surface area (Å²) in [6.45, 7) is 1.33. The molecule has 0 saturated carbocycles. The molecule has 0 aromatic rings. The lowest BCUT2D eigenvalue weighted by Gasteiger charge is -2.21. The first-order valence-corrected chi connectivity index (χ1v) is 9.11. The van der Waals surface area contributed by atoms with Crippen LogP contribution in [-0.4, -0.2) is 69.2 Å². The van der Waals surface area contributed by atoms with Gasteiger partial charge in [-0.05, 0) is 26.3 Å². The molecule has 0 aromatic heterocycles. The molecule has 11 N–H and O–H groups in total. The Bertz CT molecular complexity index is 499. The second-order valence-corrected chi connectivity index (χ2v) is 6.46. The number of hydrogen-bond donors (Lipinski definition) is 8. The molecule has 0 fully saturated rings. The van der Waals surface area contributed by atoms with Crippen molar-refractivity contribution in [1.82, 2.24) is 5.09 Å². The molecule has 0 heterocycles. The van der Waals surface area contributed by atoms with Gasteiger partial charge in [-0.15, -0.1) is 0 Å². The molecule has 0 bridgehead atoms. The van der Waals surface area contributed by atoms with Crippen LogP contribution in [0.4, 0.5) is 0 Å². The summed E-state index contributed by atoms with van der Waals surface area (Å²) < 4.78 is 15.1. The van der Waals surface area contributed by atoms with Gasteiger partial charge < -0.3 is 41.9 Å². The second kappa shape index (κ2) is 13.6. The average molecular weight is 402 g/mol. The zero-order valence-electron chi connectivity index (χ0n) is 14.3. The van der Waals surface area contributed by atoms with Gasteiger partial charge in [-0.3, -0.25) is 14.4 Å². The molecular formula is C12H27N4O9P. The lowest BCUT2D eigenvalue weighted by Crippen LogP contribution is -2.45. The minimum absolute atomic E-state index is 0.452. The summed E-state index contributed by atoms with van der Waals surface area (Å²) in [6.07, 6.45) is 0.901. The van der Waals surface area contributed by atoms with E-state index in [2.05, 4.69) is 4.74 Å². The average Bonchev–Trinajstić information content (AvgIpc) is 2.51. The summed E-state index contributed by atoms with van der Waals surface area (Å²) in [6, 6.07) is -2.43. The molecular weight excluding hydrogens is 375 g/mol. The van der Waals surface area contributed by atoms with Crippen molar-refractivity contribution < 1.29 is 43.7 Å². The molecule has 0 aliphatic heterocycles. The number of esters is 1. The number of carboxylic acids is 2. The Labute approximate surface area is 150 Å². The van der Waals surface area contributed by atoms with E-state index >= 15 is 0 Å². The highest BCUT2D eigenvalue weighted by atomic mass is 31.2. The Balaban J connectivity index is 0. The summed E-state index contributed by atoms with van der Waals surface area (Å²) in [5, 5.41) is 18.5. The first-order valence-electron chi connectivity index (χ1n) is 7.49. The second-order valence-electron chi connectivity index (χ2n) is 5.12. The quantitative estimate of drug-likeness (QED) is 0.101. The first-order chi connectivity index (χ1) is 11.9. The van der Waals surface area contributed by atoms with E-state index in [4.69, 9.17) is 37.2 Å². The van der Waals surface area contributed by atoms with Crippen LogP contribution in [0.1, 0.15) is 26.2 Å². The van der Waals surface area contributed by atoms with Gasteiger partial charge in [0.2, 0.25) is 0 Å². The summed E-state index contributed by atoms with van der Waals surface area (Å²) in [4.78, 5) is 48.6. The molecule has 0 amide bonds. The number of carbonyl (C=O) groups excluding carboxylic acids is 1. The highest BCUT2D eigenvalue weighted by Gasteiger charge is 2.32. The van der Waals surface area contributed by atoms with Gasteiger partial charge in [-0.2, -0.15) is 0 Å². The third-order valence-corrected chi connectivity index (χ3v) is 3.43. The number of unbranched alkanes of at least 4 members (excludes halogenated alkanes) is 1. The van der Waals surface area contributed by atoms with Crippen LogP contribution in [0.3, 0.4) is 0 Å². The van der Waals surface area contributed by atoms with Crippen molar-refractivity contribution in [3.8, 4) is 0 Å². The van der Waals surface area contributed by atoms with E-state index in [1.165, 1.54) is 12.0 Å². The maximum Gasteiger partial charge on any atom is 0.401 e. The van der Waals surface area contributed by atoms with Crippen molar-refractivity contribution in [2.75, 3.05) is 13.1 Å². The molecule has 0 radical (unpaired) electrons. The van der Waals surface area contributed by atoms with Gasteiger partial charge in [0.25, 0.3) is 0 Å². The van der Waals surface area contributed by atoms with E-state index in [1.807, 2.05) is 0 Å². The predicted octanol–water partition coefficient (Wildman–Crippen LogP) is -2.46. The SMILES string of the molecule is C[C@@H](OC(=O)CN)[C@H](NP(=O)(O)O)C(=O)O.NCCCC[C@H](N)C(=O)O. The molecule has 26 heavy (non-hydrogen) atoms. The Morgan fingerprint density at radius 2 is 1.65 bits per heavy atom. The lowest BCUT2D eigenvalue weighted by molar-refractivity contribution is -0.153. The first kappa shape index (κ1) is 26.6. The zero-order valence-corrected chi connectivity index (χ0v) is 15.2. The minimum atomic E-state index is -4.73. The van der Waals surface area contributed by atoms with E-state index in [0.29, 0.717) is 13.0 Å². The van der Waals surface area contributed by atoms with Gasteiger partial charge in [0.15, 0.2) is 6.04 Å². The number of hydrogen-bond acceptors (Lipinski definition) is 8. The van der Waals surface area contributed by atoms with Crippen LogP contribution in [0.15, 0.2) is 0 Å². The van der Waals surface area contributed by atoms with E-state index in [9.17, 15) is 18.9 Å². The van der Waals surface area contributed by atoms with Gasteiger partial charge in [0.05, 0.1) is 6.54 Å². The summed E-state index contributed by atoms with van der Waals surface area (Å²) in [5.41, 5.74) is 15.3. The fourth-order valence-electron chi connectivity index (χ4n) is 1.50. The van der Waals surface area contributed by atoms with E-state index in [-0.39, 0.29) is 0 Å². The summed E-state index contributed by atoms with van der Waals surface area (Å²) >= 11 is 0. The largest absolute Gasteiger partial charge is 0.480 e. The third-order valence-electron chi connectivity index (χ3n) is 2.81. The molecule has 0 aromatic carbocycles. The van der Waals surface area contributed by atoms with Gasteiger partial charge in [0.1, 0.15) is 12.1 Å². The van der Waals surface area contributed by atoms with E-state index in [1.54, 1.807) is 0 Å². The highest BCUT2D eigenvalue weighted by Crippen LogP contribution is 2.30. The van der Waals surface area contributed by atoms with Crippen LogP contribution in [0.25, 0.3) is 0 Å². The van der Waals surface area contributed by atoms with Crippen LogP contribution in [-0.2, 0) is 23.7 Å². The van der Waals surface area contributed by atoms with Crippen molar-refractivity contribution in [2.24, 2.45) is 17.2 Å². The zero-order chi connectivity index (χ0) is 20.9. The monoisotopic (exact) mass is 402 g/mol. The highest BCUT2D eigenvalue weighted by molar-refractivity contribution is 7.49. The van der Waals surface area contributed by atoms with Gasteiger partial charge in [0, 0.05) is 0 Å². The maximum atomic E-state index is 10.8. The van der Waals surface area contributed by atoms with E-state index < -0.39 is 50.4 Å². The number of aliphatic carboxylic acids is 2. The summed E-state index contributed by atoms with van der Waals surface area (Å²) in [7, 11) is -4.73. The number of nitrogens with two attached hydrogens (primary N) is 3. The predicted molar refractivity (Wildman–Crippen MR) is 89.7 cm³/mol. The normalized spacial score (nSPS) is 14.4. The number of carboxylic acid groups (broad SMARTS) is 2. The van der Waals surface area contributed by atoms with Crippen LogP contribution >= 0.6 is 7.75 Å². The number of rotatable bonds is 11. The van der Waals surface area contributed by atoms with Gasteiger partial charge in [-0.25, -0.2) is 9.65 Å². The van der Waals surface area contributed by atoms with Crippen molar-refractivity contribution in [1.29, 1.82) is 0 Å². The Morgan fingerprint density at radius 1 is 1.12 bits per heavy atom. The molecule has 3 atom stereocenters. The minimum Gasteiger partial charge on any atom is -0.480 e. The fourth-order valence-corrected chi connectivity index (χ4v) is 2.18. The Kier molecular flexibility index (Phi) is 13.9. The topological polar surface area (TPSA) is 249 Å². The number of nitrogens with one attached hydrogen (secondary N) is 1.